The number of anilines is 3. The van der Waals surface area contributed by atoms with E-state index in [1.165, 1.54) is 53.0 Å². The summed E-state index contributed by atoms with van der Waals surface area (Å²) < 4.78 is 13.6. The molecule has 0 radical (unpaired) electrons. The van der Waals surface area contributed by atoms with Gasteiger partial charge in [0.1, 0.15) is 31.5 Å². The predicted molar refractivity (Wildman–Crippen MR) is 275 cm³/mol. The fourth-order valence-electron chi connectivity index (χ4n) is 10.8. The van der Waals surface area contributed by atoms with Gasteiger partial charge in [-0.25, -0.2) is 0 Å². The predicted octanol–water partition coefficient (Wildman–Crippen LogP) is 10.4. The first-order valence-corrected chi connectivity index (χ1v) is 26.1. The van der Waals surface area contributed by atoms with Crippen molar-refractivity contribution in [1.29, 1.82) is 0 Å². The van der Waals surface area contributed by atoms with Crippen LogP contribution >= 0.6 is 0 Å². The quantitative estimate of drug-likeness (QED) is 0.156. The molecule has 0 N–H and O–H groups in total. The van der Waals surface area contributed by atoms with Crippen molar-refractivity contribution in [3.8, 4) is 33.8 Å². The SMILES string of the molecule is c1ccc(-c2ccc(N(c3ccccc3)c3ccc4c(c3)oc3cc(-c5ccc6c(c5)[Si]5(c7ccccc7Oc7ccccc75)c5ccccc5[SiH]6c5ccccc5)ccc34)cc2)cc1. The standard InChI is InChI=1S/C60H41NO2Si2/c1-4-16-41(17-5-1)42-28-32-46(33-29-42)61(45-18-6-2-7-19-45)47-34-36-50-49-35-30-43(38-53(49)63-54(50)40-47)44-31-37-56-60(39-44)65(57-25-13-10-22-51(57)62-52-23-11-14-26-58(52)65)59-27-15-12-24-55(59)64(56)48-20-8-3-9-21-48/h1-40,64H. The van der Waals surface area contributed by atoms with Crippen LogP contribution in [0.15, 0.2) is 247 Å². The molecule has 3 nitrogen and oxygen atoms in total. The van der Waals surface area contributed by atoms with Crippen LogP contribution in [0.5, 0.6) is 11.5 Å². The molecule has 65 heavy (non-hydrogen) atoms. The zero-order chi connectivity index (χ0) is 42.9. The number of fused-ring (bicyclic) bond motifs is 11. The van der Waals surface area contributed by atoms with E-state index in [1.807, 2.05) is 0 Å². The number of rotatable bonds is 6. The fraction of sp³-hybridized carbons (Fsp3) is 0. The van der Waals surface area contributed by atoms with Gasteiger partial charge in [-0.1, -0.05) is 191 Å². The average Bonchev–Trinajstić information content (AvgIpc) is 3.75. The molecular formula is C60H41NO2Si2. The third-order valence-electron chi connectivity index (χ3n) is 13.7. The number of furan rings is 1. The lowest BCUT2D eigenvalue weighted by atomic mass is 10.0. The van der Waals surface area contributed by atoms with Crippen LogP contribution in [0.2, 0.25) is 0 Å². The van der Waals surface area contributed by atoms with E-state index in [4.69, 9.17) is 9.15 Å². The lowest BCUT2D eigenvalue weighted by Gasteiger charge is -2.46. The number of hydrogen-bond donors (Lipinski definition) is 0. The van der Waals surface area contributed by atoms with E-state index in [9.17, 15) is 0 Å². The molecule has 10 aromatic carbocycles. The van der Waals surface area contributed by atoms with Crippen LogP contribution < -0.4 is 45.9 Å². The van der Waals surface area contributed by atoms with Gasteiger partial charge in [-0.3, -0.25) is 0 Å². The Balaban J connectivity index is 0.963. The number of hydrogen-bond acceptors (Lipinski definition) is 3. The minimum absolute atomic E-state index is 0.858. The van der Waals surface area contributed by atoms with E-state index in [2.05, 4.69) is 248 Å². The monoisotopic (exact) mass is 863 g/mol. The Morgan fingerprint density at radius 2 is 0.831 bits per heavy atom. The molecular weight excluding hydrogens is 823 g/mol. The normalized spacial score (nSPS) is 14.2. The molecule has 1 aromatic heterocycles. The maximum Gasteiger partial charge on any atom is 0.188 e. The van der Waals surface area contributed by atoms with E-state index in [0.717, 1.165) is 56.1 Å². The highest BCUT2D eigenvalue weighted by Crippen LogP contribution is 2.40. The molecule has 1 atom stereocenters. The van der Waals surface area contributed by atoms with Crippen LogP contribution in [0.4, 0.5) is 17.1 Å². The van der Waals surface area contributed by atoms with Crippen molar-refractivity contribution in [3.05, 3.63) is 243 Å². The van der Waals surface area contributed by atoms with Crippen molar-refractivity contribution in [2.45, 2.75) is 0 Å². The molecule has 5 heteroatoms. The summed E-state index contributed by atoms with van der Waals surface area (Å²) in [6.07, 6.45) is 0. The molecule has 0 amide bonds. The third kappa shape index (κ3) is 5.93. The highest BCUT2D eigenvalue weighted by atomic mass is 28.3. The van der Waals surface area contributed by atoms with Crippen LogP contribution in [-0.4, -0.2) is 16.9 Å². The Bertz CT molecular complexity index is 3540. The van der Waals surface area contributed by atoms with Crippen molar-refractivity contribution in [1.82, 2.24) is 0 Å². The van der Waals surface area contributed by atoms with Crippen LogP contribution in [0.3, 0.4) is 0 Å². The summed E-state index contributed by atoms with van der Waals surface area (Å²) in [5.74, 6) is 1.92. The molecule has 2 aliphatic heterocycles. The van der Waals surface area contributed by atoms with Crippen LogP contribution in [-0.2, 0) is 0 Å². The lowest BCUT2D eigenvalue weighted by molar-refractivity contribution is 0.487. The number of nitrogens with zero attached hydrogens (tertiary/aromatic N) is 1. The topological polar surface area (TPSA) is 25.6 Å². The molecule has 0 saturated carbocycles. The van der Waals surface area contributed by atoms with E-state index >= 15 is 0 Å². The molecule has 11 aromatic rings. The molecule has 2 aliphatic rings. The zero-order valence-electron chi connectivity index (χ0n) is 35.4. The fourth-order valence-corrected chi connectivity index (χ4v) is 21.2. The molecule has 3 heterocycles. The van der Waals surface area contributed by atoms with Gasteiger partial charge in [0.15, 0.2) is 8.07 Å². The number of benzene rings is 10. The van der Waals surface area contributed by atoms with Gasteiger partial charge in [0.05, 0.1) is 0 Å². The Hall–Kier alpha value is -7.97. The summed E-state index contributed by atoms with van der Waals surface area (Å²) in [5, 5.41) is 12.2. The second kappa shape index (κ2) is 15.1. The molecule has 0 bridgehead atoms. The van der Waals surface area contributed by atoms with E-state index in [1.54, 1.807) is 0 Å². The van der Waals surface area contributed by atoms with Crippen LogP contribution in [0.25, 0.3) is 44.2 Å². The summed E-state index contributed by atoms with van der Waals surface area (Å²) in [6, 6.07) is 88.9. The van der Waals surface area contributed by atoms with Crippen molar-refractivity contribution < 1.29 is 9.15 Å². The Labute approximate surface area is 380 Å². The first kappa shape index (κ1) is 37.6. The zero-order valence-corrected chi connectivity index (χ0v) is 37.6. The van der Waals surface area contributed by atoms with Crippen molar-refractivity contribution in [2.24, 2.45) is 0 Å². The Morgan fingerprint density at radius 1 is 0.338 bits per heavy atom. The number of ether oxygens (including phenoxy) is 1. The van der Waals surface area contributed by atoms with Gasteiger partial charge in [0, 0.05) is 33.9 Å². The highest BCUT2D eigenvalue weighted by Gasteiger charge is 2.53. The lowest BCUT2D eigenvalue weighted by Crippen LogP contribution is -2.87. The summed E-state index contributed by atoms with van der Waals surface area (Å²) in [6.45, 7) is 0. The highest BCUT2D eigenvalue weighted by molar-refractivity contribution is 7.27. The summed E-state index contributed by atoms with van der Waals surface area (Å²) >= 11 is 0. The Kier molecular flexibility index (Phi) is 8.73. The molecule has 13 rings (SSSR count). The summed E-state index contributed by atoms with van der Waals surface area (Å²) in [4.78, 5) is 2.30. The minimum atomic E-state index is -2.88. The van der Waals surface area contributed by atoms with Crippen molar-refractivity contribution in [3.63, 3.8) is 0 Å². The van der Waals surface area contributed by atoms with E-state index < -0.39 is 16.9 Å². The second-order valence-electron chi connectivity index (χ2n) is 17.2. The molecule has 1 spiro atoms. The van der Waals surface area contributed by atoms with Gasteiger partial charge in [0.25, 0.3) is 0 Å². The van der Waals surface area contributed by atoms with Gasteiger partial charge in [0.2, 0.25) is 0 Å². The maximum absolute atomic E-state index is 6.86. The summed E-state index contributed by atoms with van der Waals surface area (Å²) in [5.41, 5.74) is 9.65. The smallest absolute Gasteiger partial charge is 0.188 e. The maximum atomic E-state index is 6.86. The minimum Gasteiger partial charge on any atom is -0.458 e. The van der Waals surface area contributed by atoms with E-state index in [0.29, 0.717) is 0 Å². The first-order valence-electron chi connectivity index (χ1n) is 22.4. The largest absolute Gasteiger partial charge is 0.458 e. The van der Waals surface area contributed by atoms with Gasteiger partial charge < -0.3 is 14.1 Å². The second-order valence-corrected chi connectivity index (χ2v) is 23.6. The molecule has 1 unspecified atom stereocenters. The average molecular weight is 864 g/mol. The van der Waals surface area contributed by atoms with Crippen molar-refractivity contribution in [2.75, 3.05) is 4.90 Å². The van der Waals surface area contributed by atoms with Gasteiger partial charge in [-0.05, 0) is 104 Å². The molecule has 306 valence electrons. The first-order chi connectivity index (χ1) is 32.2. The van der Waals surface area contributed by atoms with Crippen LogP contribution in [0.1, 0.15) is 0 Å². The van der Waals surface area contributed by atoms with Gasteiger partial charge >= 0.3 is 0 Å². The van der Waals surface area contributed by atoms with Crippen LogP contribution in [0, 0.1) is 0 Å². The third-order valence-corrected chi connectivity index (χ3v) is 22.5. The molecule has 0 aliphatic carbocycles. The van der Waals surface area contributed by atoms with E-state index in [-0.39, 0.29) is 0 Å². The van der Waals surface area contributed by atoms with Crippen molar-refractivity contribution >= 4 is 92.2 Å². The Morgan fingerprint density at radius 3 is 1.55 bits per heavy atom. The summed E-state index contributed by atoms with van der Waals surface area (Å²) in [7, 11) is -4.77. The molecule has 0 fully saturated rings. The van der Waals surface area contributed by atoms with Gasteiger partial charge in [-0.15, -0.1) is 0 Å². The van der Waals surface area contributed by atoms with Gasteiger partial charge in [-0.2, -0.15) is 0 Å². The number of para-hydroxylation sites is 3. The molecule has 0 saturated heterocycles.